The number of aryl methyl sites for hydroxylation is 1. The summed E-state index contributed by atoms with van der Waals surface area (Å²) < 4.78 is 10.8. The van der Waals surface area contributed by atoms with E-state index < -0.39 is 0 Å². The number of hydrogen-bond acceptors (Lipinski definition) is 6. The summed E-state index contributed by atoms with van der Waals surface area (Å²) in [6, 6.07) is 5.05. The highest BCUT2D eigenvalue weighted by atomic mass is 16.5. The van der Waals surface area contributed by atoms with Gasteiger partial charge in [0.05, 0.1) is 17.4 Å². The van der Waals surface area contributed by atoms with Gasteiger partial charge in [-0.05, 0) is 43.9 Å². The fourth-order valence-corrected chi connectivity index (χ4v) is 3.17. The van der Waals surface area contributed by atoms with Gasteiger partial charge in [0.15, 0.2) is 5.82 Å². The minimum atomic E-state index is -0.324. The van der Waals surface area contributed by atoms with Crippen molar-refractivity contribution in [1.82, 2.24) is 25.4 Å². The average molecular weight is 341 g/mol. The van der Waals surface area contributed by atoms with Gasteiger partial charge in [0.25, 0.3) is 5.91 Å². The van der Waals surface area contributed by atoms with Gasteiger partial charge in [-0.2, -0.15) is 4.98 Å². The number of benzene rings is 1. The number of imidazole rings is 1. The molecule has 8 heteroatoms. The number of amides is 1. The maximum absolute atomic E-state index is 12.8. The largest absolute Gasteiger partial charge is 0.381 e. The number of carbonyl (C=O) groups is 1. The van der Waals surface area contributed by atoms with E-state index in [1.54, 1.807) is 25.4 Å². The Morgan fingerprint density at radius 2 is 2.20 bits per heavy atom. The Hall–Kier alpha value is -2.74. The Morgan fingerprint density at radius 1 is 1.36 bits per heavy atom. The molecule has 2 aromatic heterocycles. The van der Waals surface area contributed by atoms with Crippen LogP contribution in [0.4, 0.5) is 0 Å². The molecule has 0 saturated carbocycles. The molecule has 25 heavy (non-hydrogen) atoms. The van der Waals surface area contributed by atoms with Gasteiger partial charge in [0.2, 0.25) is 5.89 Å². The van der Waals surface area contributed by atoms with Gasteiger partial charge >= 0.3 is 0 Å². The second-order valence-corrected chi connectivity index (χ2v) is 6.22. The molecule has 4 rings (SSSR count). The van der Waals surface area contributed by atoms with Crippen molar-refractivity contribution in [3.8, 4) is 0 Å². The summed E-state index contributed by atoms with van der Waals surface area (Å²) in [6.45, 7) is 3.11. The van der Waals surface area contributed by atoms with Gasteiger partial charge in [0, 0.05) is 18.8 Å². The Morgan fingerprint density at radius 3 is 2.96 bits per heavy atom. The highest BCUT2D eigenvalue weighted by Crippen LogP contribution is 2.29. The Kier molecular flexibility index (Phi) is 4.19. The van der Waals surface area contributed by atoms with Gasteiger partial charge in [-0.25, -0.2) is 4.98 Å². The van der Waals surface area contributed by atoms with Crippen molar-refractivity contribution >= 4 is 16.9 Å². The van der Waals surface area contributed by atoms with Crippen LogP contribution in [0.5, 0.6) is 0 Å². The lowest BCUT2D eigenvalue weighted by Crippen LogP contribution is -2.36. The van der Waals surface area contributed by atoms with Crippen LogP contribution in [0.1, 0.15) is 41.0 Å². The maximum atomic E-state index is 12.8. The van der Waals surface area contributed by atoms with Gasteiger partial charge in [-0.1, -0.05) is 5.16 Å². The minimum absolute atomic E-state index is 0.177. The third-order valence-corrected chi connectivity index (χ3v) is 4.52. The quantitative estimate of drug-likeness (QED) is 0.753. The van der Waals surface area contributed by atoms with Crippen LogP contribution in [0.3, 0.4) is 0 Å². The molecule has 1 amide bonds. The summed E-state index contributed by atoms with van der Waals surface area (Å²) in [5.41, 5.74) is 2.21. The molecular weight excluding hydrogens is 322 g/mol. The van der Waals surface area contributed by atoms with E-state index in [1.165, 1.54) is 0 Å². The summed E-state index contributed by atoms with van der Waals surface area (Å²) in [6.07, 6.45) is 3.29. The van der Waals surface area contributed by atoms with E-state index in [4.69, 9.17) is 9.26 Å². The number of carbonyl (C=O) groups excluding carboxylic acids is 1. The normalized spacial score (nSPS) is 16.8. The summed E-state index contributed by atoms with van der Waals surface area (Å²) in [7, 11) is 0. The average Bonchev–Trinajstić information content (AvgIpc) is 3.28. The molecule has 1 saturated heterocycles. The molecule has 2 N–H and O–H groups in total. The second-order valence-electron chi connectivity index (χ2n) is 6.22. The van der Waals surface area contributed by atoms with Gasteiger partial charge in [-0.15, -0.1) is 0 Å². The van der Waals surface area contributed by atoms with Gasteiger partial charge < -0.3 is 19.6 Å². The zero-order chi connectivity index (χ0) is 17.2. The predicted octanol–water partition coefficient (Wildman–Crippen LogP) is 2.15. The van der Waals surface area contributed by atoms with Crippen LogP contribution >= 0.6 is 0 Å². The Bertz CT molecular complexity index is 881. The molecule has 1 aliphatic rings. The lowest BCUT2D eigenvalue weighted by Gasteiger charge is -2.28. The third kappa shape index (κ3) is 3.25. The van der Waals surface area contributed by atoms with Crippen LogP contribution < -0.4 is 5.32 Å². The van der Waals surface area contributed by atoms with E-state index >= 15 is 0 Å². The van der Waals surface area contributed by atoms with Crippen molar-refractivity contribution in [1.29, 1.82) is 0 Å². The van der Waals surface area contributed by atoms with Crippen molar-refractivity contribution < 1.29 is 14.1 Å². The van der Waals surface area contributed by atoms with Crippen LogP contribution in [0.2, 0.25) is 0 Å². The van der Waals surface area contributed by atoms with E-state index in [1.807, 2.05) is 6.07 Å². The highest BCUT2D eigenvalue weighted by Gasteiger charge is 2.31. The number of aromatic nitrogens is 4. The molecule has 1 atom stereocenters. The molecular formula is C17H19N5O3. The highest BCUT2D eigenvalue weighted by molar-refractivity contribution is 5.97. The molecule has 3 aromatic rings. The number of nitrogens with one attached hydrogen (secondary N) is 2. The maximum Gasteiger partial charge on any atom is 0.252 e. The van der Waals surface area contributed by atoms with Gasteiger partial charge in [0.1, 0.15) is 6.04 Å². The lowest BCUT2D eigenvalue weighted by atomic mass is 9.91. The minimum Gasteiger partial charge on any atom is -0.381 e. The molecule has 8 nitrogen and oxygen atoms in total. The lowest BCUT2D eigenvalue weighted by molar-refractivity contribution is 0.0468. The molecule has 130 valence electrons. The zero-order valence-electron chi connectivity index (χ0n) is 13.9. The van der Waals surface area contributed by atoms with E-state index in [9.17, 15) is 4.79 Å². The van der Waals surface area contributed by atoms with Crippen LogP contribution in [0, 0.1) is 12.8 Å². The SMILES string of the molecule is Cc1noc([C@H](NC(=O)c2ccc3nc[nH]c3c2)C2CCOCC2)n1. The fraction of sp³-hybridized carbons (Fsp3) is 0.412. The number of fused-ring (bicyclic) bond motifs is 1. The summed E-state index contributed by atoms with van der Waals surface area (Å²) in [4.78, 5) is 24.3. The van der Waals surface area contributed by atoms with Crippen molar-refractivity contribution in [2.75, 3.05) is 13.2 Å². The van der Waals surface area contributed by atoms with Crippen LogP contribution in [-0.4, -0.2) is 39.2 Å². The smallest absolute Gasteiger partial charge is 0.252 e. The molecule has 0 aliphatic carbocycles. The molecule has 0 radical (unpaired) electrons. The number of ether oxygens (including phenoxy) is 1. The third-order valence-electron chi connectivity index (χ3n) is 4.52. The summed E-state index contributed by atoms with van der Waals surface area (Å²) in [5, 5.41) is 6.93. The van der Waals surface area contributed by atoms with Crippen molar-refractivity contribution in [2.24, 2.45) is 5.92 Å². The predicted molar refractivity (Wildman–Crippen MR) is 88.9 cm³/mol. The van der Waals surface area contributed by atoms with E-state index in [0.717, 1.165) is 23.9 Å². The first-order valence-electron chi connectivity index (χ1n) is 8.32. The van der Waals surface area contributed by atoms with Crippen LogP contribution in [0.25, 0.3) is 11.0 Å². The van der Waals surface area contributed by atoms with Gasteiger partial charge in [-0.3, -0.25) is 4.79 Å². The summed E-state index contributed by atoms with van der Waals surface area (Å²) in [5.74, 6) is 1.03. The molecule has 1 aliphatic heterocycles. The molecule has 0 unspecified atom stereocenters. The van der Waals surface area contributed by atoms with Crippen LogP contribution in [0.15, 0.2) is 29.0 Å². The zero-order valence-corrected chi connectivity index (χ0v) is 13.9. The second kappa shape index (κ2) is 6.64. The number of hydrogen-bond donors (Lipinski definition) is 2. The van der Waals surface area contributed by atoms with E-state index in [2.05, 4.69) is 25.4 Å². The number of H-pyrrole nitrogens is 1. The first-order valence-corrected chi connectivity index (χ1v) is 8.32. The van der Waals surface area contributed by atoms with Crippen molar-refractivity contribution in [2.45, 2.75) is 25.8 Å². The molecule has 3 heterocycles. The molecule has 0 spiro atoms. The van der Waals surface area contributed by atoms with E-state index in [-0.39, 0.29) is 17.9 Å². The monoisotopic (exact) mass is 341 g/mol. The Labute approximate surface area is 144 Å². The van der Waals surface area contributed by atoms with Crippen molar-refractivity contribution in [3.63, 3.8) is 0 Å². The standard InChI is InChI=1S/C17H19N5O3/c1-10-20-17(25-22-10)15(11-4-6-24-7-5-11)21-16(23)12-2-3-13-14(8-12)19-9-18-13/h2-3,8-9,11,15H,4-7H2,1H3,(H,18,19)(H,21,23)/t15-/m1/s1. The molecule has 1 aromatic carbocycles. The molecule has 0 bridgehead atoms. The first-order chi connectivity index (χ1) is 12.2. The summed E-state index contributed by atoms with van der Waals surface area (Å²) >= 11 is 0. The number of nitrogens with zero attached hydrogens (tertiary/aromatic N) is 3. The molecule has 1 fully saturated rings. The van der Waals surface area contributed by atoms with E-state index in [0.29, 0.717) is 30.5 Å². The Balaban J connectivity index is 1.59. The van der Waals surface area contributed by atoms with Crippen molar-refractivity contribution in [3.05, 3.63) is 41.8 Å². The fourth-order valence-electron chi connectivity index (χ4n) is 3.17. The number of rotatable bonds is 4. The first kappa shape index (κ1) is 15.8. The van der Waals surface area contributed by atoms with Crippen LogP contribution in [-0.2, 0) is 4.74 Å². The topological polar surface area (TPSA) is 106 Å². The number of aromatic amines is 1.